The summed E-state index contributed by atoms with van der Waals surface area (Å²) in [5.74, 6) is -0.141. The molecular formula is C10H11O3. The summed E-state index contributed by atoms with van der Waals surface area (Å²) in [6.07, 6.45) is 1.60. The highest BCUT2D eigenvalue weighted by atomic mass is 16.5. The fraction of sp³-hybridized carbons (Fsp3) is 0.200. The zero-order valence-electron chi connectivity index (χ0n) is 7.14. The highest BCUT2D eigenvalue weighted by Gasteiger charge is 1.97. The Hall–Kier alpha value is -1.51. The van der Waals surface area contributed by atoms with Gasteiger partial charge in [0.1, 0.15) is 5.75 Å². The van der Waals surface area contributed by atoms with Crippen molar-refractivity contribution in [1.29, 1.82) is 0 Å². The minimum absolute atomic E-state index is 0.399. The summed E-state index contributed by atoms with van der Waals surface area (Å²) < 4.78 is 5.26. The van der Waals surface area contributed by atoms with Gasteiger partial charge in [-0.05, 0) is 18.6 Å². The van der Waals surface area contributed by atoms with E-state index in [1.165, 1.54) is 6.42 Å². The Kier molecular flexibility index (Phi) is 3.82. The van der Waals surface area contributed by atoms with Gasteiger partial charge in [0.15, 0.2) is 0 Å². The first-order chi connectivity index (χ1) is 6.29. The quantitative estimate of drug-likeness (QED) is 0.700. The van der Waals surface area contributed by atoms with Crippen LogP contribution in [0.5, 0.6) is 5.75 Å². The van der Waals surface area contributed by atoms with Crippen LogP contribution in [0.15, 0.2) is 30.3 Å². The number of aliphatic carboxylic acids is 1. The van der Waals surface area contributed by atoms with Crippen molar-refractivity contribution in [3.8, 4) is 5.75 Å². The van der Waals surface area contributed by atoms with E-state index >= 15 is 0 Å². The molecule has 13 heavy (non-hydrogen) atoms. The van der Waals surface area contributed by atoms with Crippen molar-refractivity contribution in [1.82, 2.24) is 0 Å². The molecule has 1 N–H and O–H groups in total. The lowest BCUT2D eigenvalue weighted by atomic mass is 10.3. The van der Waals surface area contributed by atoms with E-state index in [9.17, 15) is 4.79 Å². The number of hydrogen-bond donors (Lipinski definition) is 1. The molecule has 0 amide bonds. The third-order valence-corrected chi connectivity index (χ3v) is 1.45. The lowest BCUT2D eigenvalue weighted by molar-refractivity contribution is -0.133. The third-order valence-electron chi connectivity index (χ3n) is 1.45. The maximum absolute atomic E-state index is 10.1. The van der Waals surface area contributed by atoms with Gasteiger partial charge in [-0.3, -0.25) is 4.79 Å². The molecule has 0 unspecified atom stereocenters. The Morgan fingerprint density at radius 2 is 2.08 bits per heavy atom. The van der Waals surface area contributed by atoms with E-state index in [4.69, 9.17) is 9.84 Å². The molecule has 0 aliphatic rings. The molecular weight excluding hydrogens is 168 g/mol. The molecule has 0 bridgehead atoms. The highest BCUT2D eigenvalue weighted by Crippen LogP contribution is 2.08. The minimum Gasteiger partial charge on any atom is -0.494 e. The van der Waals surface area contributed by atoms with Crippen LogP contribution in [0.25, 0.3) is 0 Å². The number of carboxylic acid groups (broad SMARTS) is 1. The molecule has 0 spiro atoms. The van der Waals surface area contributed by atoms with Crippen molar-refractivity contribution in [3.63, 3.8) is 0 Å². The number of ether oxygens (including phenoxy) is 1. The van der Waals surface area contributed by atoms with Crippen LogP contribution in [-0.4, -0.2) is 17.7 Å². The molecule has 0 aliphatic heterocycles. The Morgan fingerprint density at radius 1 is 1.38 bits per heavy atom. The van der Waals surface area contributed by atoms with Crippen LogP contribution >= 0.6 is 0 Å². The summed E-state index contributed by atoms with van der Waals surface area (Å²) in [5.41, 5.74) is 0. The second-order valence-corrected chi connectivity index (χ2v) is 2.49. The largest absolute Gasteiger partial charge is 0.494 e. The van der Waals surface area contributed by atoms with Crippen LogP contribution < -0.4 is 4.74 Å². The van der Waals surface area contributed by atoms with Gasteiger partial charge in [0.25, 0.3) is 0 Å². The van der Waals surface area contributed by atoms with E-state index in [1.807, 2.05) is 30.3 Å². The standard InChI is InChI=1S/C10H11O3/c11-10(12)7-4-8-13-9-5-2-1-3-6-9/h1-3,5-7H,4,8H2,(H,11,12). The van der Waals surface area contributed by atoms with Crippen LogP contribution in [0.2, 0.25) is 0 Å². The Balaban J connectivity index is 2.17. The van der Waals surface area contributed by atoms with Gasteiger partial charge in [0, 0.05) is 0 Å². The van der Waals surface area contributed by atoms with E-state index in [-0.39, 0.29) is 0 Å². The van der Waals surface area contributed by atoms with Crippen molar-refractivity contribution < 1.29 is 14.6 Å². The molecule has 0 saturated carbocycles. The number of para-hydroxylation sites is 1. The molecule has 1 aromatic carbocycles. The van der Waals surface area contributed by atoms with Crippen LogP contribution in [0, 0.1) is 6.42 Å². The summed E-state index contributed by atoms with van der Waals surface area (Å²) in [4.78, 5) is 10.1. The number of rotatable bonds is 5. The smallest absolute Gasteiger partial charge is 0.307 e. The van der Waals surface area contributed by atoms with Gasteiger partial charge in [-0.15, -0.1) is 0 Å². The second-order valence-electron chi connectivity index (χ2n) is 2.49. The molecule has 1 rings (SSSR count). The topological polar surface area (TPSA) is 46.5 Å². The fourth-order valence-electron chi connectivity index (χ4n) is 0.876. The molecule has 1 radical (unpaired) electrons. The van der Waals surface area contributed by atoms with Gasteiger partial charge in [-0.25, -0.2) is 0 Å². The second kappa shape index (κ2) is 5.19. The number of carbonyl (C=O) groups is 1. The molecule has 69 valence electrons. The molecule has 0 aromatic heterocycles. The van der Waals surface area contributed by atoms with Gasteiger partial charge in [-0.2, -0.15) is 0 Å². The van der Waals surface area contributed by atoms with Crippen LogP contribution in [0.4, 0.5) is 0 Å². The minimum atomic E-state index is -0.906. The Bertz CT molecular complexity index is 256. The third kappa shape index (κ3) is 4.15. The molecule has 0 heterocycles. The zero-order chi connectivity index (χ0) is 9.52. The maximum atomic E-state index is 10.1. The number of hydrogen-bond acceptors (Lipinski definition) is 2. The van der Waals surface area contributed by atoms with E-state index in [0.29, 0.717) is 13.0 Å². The van der Waals surface area contributed by atoms with E-state index < -0.39 is 5.97 Å². The van der Waals surface area contributed by atoms with Crippen molar-refractivity contribution in [3.05, 3.63) is 36.8 Å². The van der Waals surface area contributed by atoms with E-state index in [1.54, 1.807) is 0 Å². The van der Waals surface area contributed by atoms with Crippen molar-refractivity contribution in [2.75, 3.05) is 6.61 Å². The maximum Gasteiger partial charge on any atom is 0.307 e. The summed E-state index contributed by atoms with van der Waals surface area (Å²) in [5, 5.41) is 8.30. The van der Waals surface area contributed by atoms with Crippen LogP contribution in [0.1, 0.15) is 6.42 Å². The molecule has 3 nitrogen and oxygen atoms in total. The number of carboxylic acids is 1. The van der Waals surface area contributed by atoms with E-state index in [0.717, 1.165) is 5.75 Å². The SMILES string of the molecule is O=C(O)[CH]CCOc1ccccc1. The molecule has 0 atom stereocenters. The van der Waals surface area contributed by atoms with Crippen LogP contribution in [-0.2, 0) is 4.79 Å². The van der Waals surface area contributed by atoms with Gasteiger partial charge >= 0.3 is 5.97 Å². The average molecular weight is 179 g/mol. The zero-order valence-corrected chi connectivity index (χ0v) is 7.14. The van der Waals surface area contributed by atoms with Crippen LogP contribution in [0.3, 0.4) is 0 Å². The first-order valence-electron chi connectivity index (χ1n) is 4.03. The van der Waals surface area contributed by atoms with Crippen molar-refractivity contribution in [2.24, 2.45) is 0 Å². The molecule has 0 saturated heterocycles. The normalized spacial score (nSPS) is 9.54. The summed E-state index contributed by atoms with van der Waals surface area (Å²) >= 11 is 0. The summed E-state index contributed by atoms with van der Waals surface area (Å²) in [6.45, 7) is 0.399. The van der Waals surface area contributed by atoms with Crippen molar-refractivity contribution in [2.45, 2.75) is 6.42 Å². The van der Waals surface area contributed by atoms with Gasteiger partial charge in [-0.1, -0.05) is 18.2 Å². The Morgan fingerprint density at radius 3 is 2.69 bits per heavy atom. The fourth-order valence-corrected chi connectivity index (χ4v) is 0.876. The van der Waals surface area contributed by atoms with Gasteiger partial charge in [0.2, 0.25) is 0 Å². The molecule has 1 aromatic rings. The molecule has 0 fully saturated rings. The first kappa shape index (κ1) is 9.58. The summed E-state index contributed by atoms with van der Waals surface area (Å²) in [7, 11) is 0. The monoisotopic (exact) mass is 179 g/mol. The first-order valence-corrected chi connectivity index (χ1v) is 4.03. The van der Waals surface area contributed by atoms with E-state index in [2.05, 4.69) is 0 Å². The van der Waals surface area contributed by atoms with Gasteiger partial charge in [0.05, 0.1) is 13.0 Å². The lowest BCUT2D eigenvalue weighted by Crippen LogP contribution is -2.02. The molecule has 0 aliphatic carbocycles. The van der Waals surface area contributed by atoms with Gasteiger partial charge < -0.3 is 9.84 Å². The summed E-state index contributed by atoms with van der Waals surface area (Å²) in [6, 6.07) is 9.31. The highest BCUT2D eigenvalue weighted by molar-refractivity contribution is 5.76. The predicted octanol–water partition coefficient (Wildman–Crippen LogP) is 1.74. The number of benzene rings is 1. The van der Waals surface area contributed by atoms with Crippen molar-refractivity contribution >= 4 is 5.97 Å². The lowest BCUT2D eigenvalue weighted by Gasteiger charge is -2.03. The average Bonchev–Trinajstić information content (AvgIpc) is 2.14. The Labute approximate surface area is 77.0 Å². The predicted molar refractivity (Wildman–Crippen MR) is 48.5 cm³/mol. The molecule has 3 heteroatoms.